The van der Waals surface area contributed by atoms with Gasteiger partial charge < -0.3 is 0 Å². The zero-order chi connectivity index (χ0) is 8.53. The standard InChI is InChI=1S/C9H21NS/c1-3-5-6-7-8-10(4-2)9-11/h11H,3-9H2,1-2H3. The summed E-state index contributed by atoms with van der Waals surface area (Å²) in [5.41, 5.74) is 0. The fraction of sp³-hybridized carbons (Fsp3) is 1.00. The highest BCUT2D eigenvalue weighted by molar-refractivity contribution is 7.80. The van der Waals surface area contributed by atoms with Crippen LogP contribution in [0.4, 0.5) is 0 Å². The van der Waals surface area contributed by atoms with Gasteiger partial charge in [-0.3, -0.25) is 4.90 Å². The van der Waals surface area contributed by atoms with E-state index < -0.39 is 0 Å². The van der Waals surface area contributed by atoms with Crippen molar-refractivity contribution in [2.24, 2.45) is 0 Å². The van der Waals surface area contributed by atoms with Crippen molar-refractivity contribution in [1.29, 1.82) is 0 Å². The maximum absolute atomic E-state index is 4.25. The lowest BCUT2D eigenvalue weighted by atomic mass is 10.2. The average molecular weight is 175 g/mol. The Hall–Kier alpha value is 0.310. The summed E-state index contributed by atoms with van der Waals surface area (Å²) in [6, 6.07) is 0. The quantitative estimate of drug-likeness (QED) is 0.354. The molecule has 11 heavy (non-hydrogen) atoms. The van der Waals surface area contributed by atoms with Crippen LogP contribution in [0.2, 0.25) is 0 Å². The third-order valence-electron chi connectivity index (χ3n) is 1.98. The molecular formula is C9H21NS. The van der Waals surface area contributed by atoms with Crippen molar-refractivity contribution < 1.29 is 0 Å². The predicted molar refractivity (Wildman–Crippen MR) is 55.2 cm³/mol. The largest absolute Gasteiger partial charge is 0.295 e. The van der Waals surface area contributed by atoms with E-state index in [0.29, 0.717) is 0 Å². The molecule has 0 aromatic heterocycles. The molecule has 0 aromatic carbocycles. The zero-order valence-electron chi connectivity index (χ0n) is 7.84. The summed E-state index contributed by atoms with van der Waals surface area (Å²) in [7, 11) is 0. The van der Waals surface area contributed by atoms with Crippen LogP contribution in [0.5, 0.6) is 0 Å². The second kappa shape index (κ2) is 8.41. The highest BCUT2D eigenvalue weighted by Gasteiger charge is 1.96. The van der Waals surface area contributed by atoms with Gasteiger partial charge in [0.15, 0.2) is 0 Å². The van der Waals surface area contributed by atoms with Gasteiger partial charge in [-0.15, -0.1) is 0 Å². The van der Waals surface area contributed by atoms with Gasteiger partial charge in [0.1, 0.15) is 0 Å². The smallest absolute Gasteiger partial charge is 0.0414 e. The molecule has 0 N–H and O–H groups in total. The van der Waals surface area contributed by atoms with Crippen LogP contribution < -0.4 is 0 Å². The third kappa shape index (κ3) is 6.70. The predicted octanol–water partition coefficient (Wildman–Crippen LogP) is 2.78. The SMILES string of the molecule is CCCCCCN(CC)CS. The number of thiol groups is 1. The number of hydrogen-bond donors (Lipinski definition) is 1. The molecule has 0 aliphatic heterocycles. The van der Waals surface area contributed by atoms with Crippen molar-refractivity contribution in [3.8, 4) is 0 Å². The molecule has 68 valence electrons. The first-order valence-electron chi connectivity index (χ1n) is 4.68. The second-order valence-corrected chi connectivity index (χ2v) is 3.20. The Morgan fingerprint density at radius 2 is 1.82 bits per heavy atom. The van der Waals surface area contributed by atoms with Gasteiger partial charge in [0.2, 0.25) is 0 Å². The van der Waals surface area contributed by atoms with Gasteiger partial charge in [0.05, 0.1) is 0 Å². The molecule has 0 amide bonds. The van der Waals surface area contributed by atoms with Crippen LogP contribution in [-0.2, 0) is 0 Å². The maximum atomic E-state index is 4.25. The lowest BCUT2D eigenvalue weighted by molar-refractivity contribution is 0.329. The molecule has 0 aromatic rings. The Kier molecular flexibility index (Phi) is 8.64. The summed E-state index contributed by atoms with van der Waals surface area (Å²) in [5, 5.41) is 0. The number of hydrogen-bond acceptors (Lipinski definition) is 2. The molecule has 0 rings (SSSR count). The first kappa shape index (κ1) is 11.3. The Morgan fingerprint density at radius 1 is 1.09 bits per heavy atom. The fourth-order valence-corrected chi connectivity index (χ4v) is 1.43. The summed E-state index contributed by atoms with van der Waals surface area (Å²) < 4.78 is 0. The molecule has 1 nitrogen and oxygen atoms in total. The molecule has 0 saturated heterocycles. The van der Waals surface area contributed by atoms with Crippen molar-refractivity contribution in [2.45, 2.75) is 39.5 Å². The van der Waals surface area contributed by atoms with Crippen molar-refractivity contribution in [1.82, 2.24) is 4.90 Å². The van der Waals surface area contributed by atoms with Gasteiger partial charge in [0.25, 0.3) is 0 Å². The van der Waals surface area contributed by atoms with Gasteiger partial charge in [-0.05, 0) is 19.5 Å². The van der Waals surface area contributed by atoms with E-state index in [4.69, 9.17) is 0 Å². The molecule has 0 bridgehead atoms. The van der Waals surface area contributed by atoms with Crippen LogP contribution in [0.25, 0.3) is 0 Å². The fourth-order valence-electron chi connectivity index (χ4n) is 1.09. The lowest BCUT2D eigenvalue weighted by Crippen LogP contribution is -2.22. The van der Waals surface area contributed by atoms with Crippen molar-refractivity contribution in [3.63, 3.8) is 0 Å². The minimum absolute atomic E-state index is 0.905. The van der Waals surface area contributed by atoms with Gasteiger partial charge in [0, 0.05) is 5.88 Å². The first-order chi connectivity index (χ1) is 5.35. The third-order valence-corrected chi connectivity index (χ3v) is 2.38. The van der Waals surface area contributed by atoms with E-state index in [1.807, 2.05) is 0 Å². The van der Waals surface area contributed by atoms with E-state index in [-0.39, 0.29) is 0 Å². The Balaban J connectivity index is 3.07. The summed E-state index contributed by atoms with van der Waals surface area (Å²) in [6.45, 7) is 6.79. The number of unbranched alkanes of at least 4 members (excludes halogenated alkanes) is 3. The Labute approximate surface area is 76.6 Å². The average Bonchev–Trinajstić information content (AvgIpc) is 2.05. The van der Waals surface area contributed by atoms with Gasteiger partial charge >= 0.3 is 0 Å². The van der Waals surface area contributed by atoms with Crippen molar-refractivity contribution >= 4 is 12.6 Å². The van der Waals surface area contributed by atoms with Crippen LogP contribution in [-0.4, -0.2) is 23.9 Å². The minimum atomic E-state index is 0.905. The van der Waals surface area contributed by atoms with Crippen LogP contribution in [0.15, 0.2) is 0 Å². The van der Waals surface area contributed by atoms with Crippen LogP contribution >= 0.6 is 12.6 Å². The normalized spacial score (nSPS) is 10.9. The molecule has 0 fully saturated rings. The lowest BCUT2D eigenvalue weighted by Gasteiger charge is -2.16. The van der Waals surface area contributed by atoms with Gasteiger partial charge in [-0.2, -0.15) is 12.6 Å². The molecule has 0 aliphatic carbocycles. The summed E-state index contributed by atoms with van der Waals surface area (Å²) in [4.78, 5) is 2.36. The van der Waals surface area contributed by atoms with Crippen molar-refractivity contribution in [2.75, 3.05) is 19.0 Å². The monoisotopic (exact) mass is 175 g/mol. The highest BCUT2D eigenvalue weighted by atomic mass is 32.1. The van der Waals surface area contributed by atoms with Gasteiger partial charge in [-0.1, -0.05) is 33.1 Å². The number of nitrogens with zero attached hydrogens (tertiary/aromatic N) is 1. The summed E-state index contributed by atoms with van der Waals surface area (Å²) in [5.74, 6) is 0.905. The van der Waals surface area contributed by atoms with Crippen LogP contribution in [0.3, 0.4) is 0 Å². The van der Waals surface area contributed by atoms with E-state index in [2.05, 4.69) is 31.4 Å². The molecule has 0 saturated carbocycles. The highest BCUT2D eigenvalue weighted by Crippen LogP contribution is 2.01. The van der Waals surface area contributed by atoms with E-state index in [1.165, 1.54) is 32.2 Å². The molecule has 0 radical (unpaired) electrons. The second-order valence-electron chi connectivity index (χ2n) is 2.91. The van der Waals surface area contributed by atoms with Crippen molar-refractivity contribution in [3.05, 3.63) is 0 Å². The maximum Gasteiger partial charge on any atom is 0.0414 e. The van der Waals surface area contributed by atoms with E-state index in [0.717, 1.165) is 12.4 Å². The van der Waals surface area contributed by atoms with Crippen LogP contribution in [0, 0.1) is 0 Å². The summed E-state index contributed by atoms with van der Waals surface area (Å²) >= 11 is 4.25. The Bertz CT molecular complexity index is 72.0. The molecule has 0 atom stereocenters. The van der Waals surface area contributed by atoms with Gasteiger partial charge in [-0.25, -0.2) is 0 Å². The minimum Gasteiger partial charge on any atom is -0.295 e. The zero-order valence-corrected chi connectivity index (χ0v) is 8.74. The summed E-state index contributed by atoms with van der Waals surface area (Å²) in [6.07, 6.45) is 5.42. The molecule has 2 heteroatoms. The van der Waals surface area contributed by atoms with E-state index in [1.54, 1.807) is 0 Å². The molecular weight excluding hydrogens is 154 g/mol. The molecule has 0 spiro atoms. The first-order valence-corrected chi connectivity index (χ1v) is 5.31. The number of rotatable bonds is 7. The topological polar surface area (TPSA) is 3.24 Å². The molecule has 0 aliphatic rings. The molecule has 0 heterocycles. The van der Waals surface area contributed by atoms with E-state index in [9.17, 15) is 0 Å². The van der Waals surface area contributed by atoms with E-state index >= 15 is 0 Å². The Morgan fingerprint density at radius 3 is 2.27 bits per heavy atom. The van der Waals surface area contributed by atoms with Crippen LogP contribution in [0.1, 0.15) is 39.5 Å². The molecule has 0 unspecified atom stereocenters.